The highest BCUT2D eigenvalue weighted by atomic mass is 127. The molecule has 0 radical (unpaired) electrons. The van der Waals surface area contributed by atoms with Crippen LogP contribution in [-0.4, -0.2) is 0 Å². The normalized spacial score (nSPS) is 8.45. The van der Waals surface area contributed by atoms with Crippen LogP contribution in [0.1, 0.15) is 19.4 Å². The molecule has 0 bridgehead atoms. The van der Waals surface area contributed by atoms with E-state index in [0.29, 0.717) is 5.56 Å². The number of aryl methyl sites for hydroxylation is 1. The molecule has 11 heavy (non-hydrogen) atoms. The zero-order valence-corrected chi connectivity index (χ0v) is 9.15. The molecule has 2 heteroatoms. The van der Waals surface area contributed by atoms with E-state index in [1.165, 1.54) is 6.07 Å². The largest absolute Gasteiger partial charge is 0.207 e. The molecule has 0 amide bonds. The van der Waals surface area contributed by atoms with Gasteiger partial charge in [-0.3, -0.25) is 0 Å². The smallest absolute Gasteiger partial charge is 0.126 e. The molecule has 0 heterocycles. The monoisotopic (exact) mass is 266 g/mol. The van der Waals surface area contributed by atoms with Gasteiger partial charge in [-0.05, 0) is 53.3 Å². The molecule has 0 aromatic heterocycles. The van der Waals surface area contributed by atoms with Crippen LogP contribution in [0, 0.1) is 16.3 Å². The van der Waals surface area contributed by atoms with Crippen molar-refractivity contribution in [3.8, 4) is 0 Å². The molecule has 62 valence electrons. The lowest BCUT2D eigenvalue weighted by molar-refractivity contribution is 0.618. The van der Waals surface area contributed by atoms with Crippen molar-refractivity contribution in [3.05, 3.63) is 33.1 Å². The third kappa shape index (κ3) is 3.70. The Morgan fingerprint density at radius 3 is 2.18 bits per heavy atom. The second kappa shape index (κ2) is 5.52. The van der Waals surface area contributed by atoms with Crippen LogP contribution in [0.3, 0.4) is 0 Å². The maximum Gasteiger partial charge on any atom is 0.126 e. The first-order chi connectivity index (χ1) is 5.20. The minimum absolute atomic E-state index is 0.129. The van der Waals surface area contributed by atoms with Crippen molar-refractivity contribution < 1.29 is 4.39 Å². The minimum atomic E-state index is -0.129. The molecule has 0 nitrogen and oxygen atoms in total. The number of rotatable bonds is 0. The van der Waals surface area contributed by atoms with Crippen molar-refractivity contribution in [3.63, 3.8) is 0 Å². The minimum Gasteiger partial charge on any atom is -0.207 e. The molecule has 0 saturated carbocycles. The van der Waals surface area contributed by atoms with Gasteiger partial charge in [0.15, 0.2) is 0 Å². The first kappa shape index (κ1) is 10.9. The maximum absolute atomic E-state index is 12.5. The van der Waals surface area contributed by atoms with Crippen molar-refractivity contribution in [2.24, 2.45) is 0 Å². The zero-order valence-electron chi connectivity index (χ0n) is 6.99. The van der Waals surface area contributed by atoms with Gasteiger partial charge in [0.1, 0.15) is 5.82 Å². The summed E-state index contributed by atoms with van der Waals surface area (Å²) in [6, 6.07) is 5.05. The Hall–Kier alpha value is -0.120. The Bertz CT molecular complexity index is 221. The predicted molar refractivity (Wildman–Crippen MR) is 55.2 cm³/mol. The van der Waals surface area contributed by atoms with Gasteiger partial charge in [0.2, 0.25) is 0 Å². The summed E-state index contributed by atoms with van der Waals surface area (Å²) >= 11 is 2.16. The number of hydrogen-bond donors (Lipinski definition) is 0. The van der Waals surface area contributed by atoms with Crippen LogP contribution in [0.15, 0.2) is 18.2 Å². The fourth-order valence-corrected chi connectivity index (χ4v) is 1.26. The summed E-state index contributed by atoms with van der Waals surface area (Å²) in [5, 5.41) is 0. The van der Waals surface area contributed by atoms with E-state index in [1.54, 1.807) is 13.0 Å². The summed E-state index contributed by atoms with van der Waals surface area (Å²) in [7, 11) is 0. The standard InChI is InChI=1S/C7H6FI.C2H6/c1-5-4-6(9)2-3-7(5)8;1-2/h2-4H,1H3;1-2H3. The summed E-state index contributed by atoms with van der Waals surface area (Å²) in [5.74, 6) is -0.129. The van der Waals surface area contributed by atoms with Gasteiger partial charge in [0.25, 0.3) is 0 Å². The van der Waals surface area contributed by atoms with Crippen molar-refractivity contribution in [1.82, 2.24) is 0 Å². The van der Waals surface area contributed by atoms with Crippen molar-refractivity contribution in [1.29, 1.82) is 0 Å². The molecule has 1 aromatic rings. The molecular formula is C9H12FI. The molecule has 0 unspecified atom stereocenters. The molecule has 0 saturated heterocycles. The molecule has 0 aliphatic heterocycles. The summed E-state index contributed by atoms with van der Waals surface area (Å²) in [6.45, 7) is 5.76. The number of hydrogen-bond acceptors (Lipinski definition) is 0. The van der Waals surface area contributed by atoms with E-state index in [9.17, 15) is 4.39 Å². The molecule has 0 N–H and O–H groups in total. The number of halogens is 2. The summed E-state index contributed by atoms with van der Waals surface area (Å²) in [5.41, 5.74) is 0.710. The van der Waals surface area contributed by atoms with Crippen molar-refractivity contribution in [2.75, 3.05) is 0 Å². The maximum atomic E-state index is 12.5. The van der Waals surface area contributed by atoms with Gasteiger partial charge in [-0.15, -0.1) is 0 Å². The first-order valence-electron chi connectivity index (χ1n) is 3.62. The quantitative estimate of drug-likeness (QED) is 0.627. The summed E-state index contributed by atoms with van der Waals surface area (Å²) in [4.78, 5) is 0. The molecule has 0 spiro atoms. The Labute approximate surface area is 81.0 Å². The van der Waals surface area contributed by atoms with Gasteiger partial charge in [-0.1, -0.05) is 13.8 Å². The van der Waals surface area contributed by atoms with Gasteiger partial charge >= 0.3 is 0 Å². The molecule has 1 rings (SSSR count). The van der Waals surface area contributed by atoms with Gasteiger partial charge in [0, 0.05) is 3.57 Å². The van der Waals surface area contributed by atoms with Crippen LogP contribution < -0.4 is 0 Å². The predicted octanol–water partition coefficient (Wildman–Crippen LogP) is 3.76. The Kier molecular flexibility index (Phi) is 5.46. The van der Waals surface area contributed by atoms with E-state index in [2.05, 4.69) is 22.6 Å². The van der Waals surface area contributed by atoms with E-state index >= 15 is 0 Å². The van der Waals surface area contributed by atoms with Crippen molar-refractivity contribution in [2.45, 2.75) is 20.8 Å². The van der Waals surface area contributed by atoms with E-state index < -0.39 is 0 Å². The molecule has 1 aromatic carbocycles. The molecular weight excluding hydrogens is 254 g/mol. The van der Waals surface area contributed by atoms with Crippen LogP contribution in [0.25, 0.3) is 0 Å². The molecule has 0 fully saturated rings. The second-order valence-corrected chi connectivity index (χ2v) is 3.14. The lowest BCUT2D eigenvalue weighted by Gasteiger charge is -1.93. The lowest BCUT2D eigenvalue weighted by atomic mass is 10.2. The van der Waals surface area contributed by atoms with E-state index in [0.717, 1.165) is 3.57 Å². The Morgan fingerprint density at radius 1 is 1.27 bits per heavy atom. The van der Waals surface area contributed by atoms with E-state index in [-0.39, 0.29) is 5.82 Å². The van der Waals surface area contributed by atoms with Crippen LogP contribution >= 0.6 is 22.6 Å². The molecule has 0 aliphatic rings. The average Bonchev–Trinajstić information content (AvgIpc) is 2.02. The van der Waals surface area contributed by atoms with Gasteiger partial charge < -0.3 is 0 Å². The molecule has 0 aliphatic carbocycles. The van der Waals surface area contributed by atoms with E-state index in [4.69, 9.17) is 0 Å². The zero-order chi connectivity index (χ0) is 8.85. The third-order valence-electron chi connectivity index (χ3n) is 1.12. The summed E-state index contributed by atoms with van der Waals surface area (Å²) < 4.78 is 13.6. The highest BCUT2D eigenvalue weighted by molar-refractivity contribution is 14.1. The van der Waals surface area contributed by atoms with Crippen LogP contribution in [-0.2, 0) is 0 Å². The number of benzene rings is 1. The third-order valence-corrected chi connectivity index (χ3v) is 1.79. The van der Waals surface area contributed by atoms with Gasteiger partial charge in [0.05, 0.1) is 0 Å². The SMILES string of the molecule is CC.Cc1cc(I)ccc1F. The molecule has 0 atom stereocenters. The van der Waals surface area contributed by atoms with Gasteiger partial charge in [-0.2, -0.15) is 0 Å². The average molecular weight is 266 g/mol. The highest BCUT2D eigenvalue weighted by Crippen LogP contribution is 2.10. The van der Waals surface area contributed by atoms with Crippen molar-refractivity contribution >= 4 is 22.6 Å². The topological polar surface area (TPSA) is 0 Å². The van der Waals surface area contributed by atoms with Crippen LogP contribution in [0.5, 0.6) is 0 Å². The Balaban J connectivity index is 0.000000461. The lowest BCUT2D eigenvalue weighted by Crippen LogP contribution is -1.80. The first-order valence-corrected chi connectivity index (χ1v) is 4.69. The fraction of sp³-hybridized carbons (Fsp3) is 0.333. The van der Waals surface area contributed by atoms with Crippen LogP contribution in [0.4, 0.5) is 4.39 Å². The second-order valence-electron chi connectivity index (χ2n) is 1.89. The fourth-order valence-electron chi connectivity index (χ4n) is 0.608. The highest BCUT2D eigenvalue weighted by Gasteiger charge is 1.94. The van der Waals surface area contributed by atoms with Crippen LogP contribution in [0.2, 0.25) is 0 Å². The van der Waals surface area contributed by atoms with E-state index in [1.807, 2.05) is 19.9 Å². The summed E-state index contributed by atoms with van der Waals surface area (Å²) in [6.07, 6.45) is 0. The van der Waals surface area contributed by atoms with Gasteiger partial charge in [-0.25, -0.2) is 4.39 Å². The Morgan fingerprint density at radius 2 is 1.82 bits per heavy atom.